The van der Waals surface area contributed by atoms with E-state index in [1.807, 2.05) is 6.92 Å². The fraction of sp³-hybridized carbons (Fsp3) is 0.818. The maximum absolute atomic E-state index is 9.54. The van der Waals surface area contributed by atoms with Crippen molar-refractivity contribution in [1.82, 2.24) is 0 Å². The summed E-state index contributed by atoms with van der Waals surface area (Å²) in [5.41, 5.74) is 1.75. The molecule has 0 aliphatic heterocycles. The summed E-state index contributed by atoms with van der Waals surface area (Å²) in [4.78, 5) is 0. The second kappa shape index (κ2) is 2.35. The van der Waals surface area contributed by atoms with E-state index in [1.54, 1.807) is 0 Å². The smallest absolute Gasteiger partial charge is 0.0724 e. The average molecular weight is 166 g/mol. The minimum absolute atomic E-state index is 0.226. The van der Waals surface area contributed by atoms with E-state index >= 15 is 0 Å². The summed E-state index contributed by atoms with van der Waals surface area (Å²) in [5.74, 6) is 1.54. The topological polar surface area (TPSA) is 20.2 Å². The van der Waals surface area contributed by atoms with Crippen LogP contribution in [0.15, 0.2) is 11.6 Å². The highest BCUT2D eigenvalue weighted by Gasteiger charge is 2.51. The molecule has 3 aliphatic rings. The first-order valence-electron chi connectivity index (χ1n) is 4.91. The van der Waals surface area contributed by atoms with Gasteiger partial charge in [-0.2, -0.15) is 0 Å². The van der Waals surface area contributed by atoms with Gasteiger partial charge >= 0.3 is 0 Å². The van der Waals surface area contributed by atoms with Crippen molar-refractivity contribution >= 4 is 0 Å². The van der Waals surface area contributed by atoms with Gasteiger partial charge in [0.2, 0.25) is 0 Å². The largest absolute Gasteiger partial charge is 0.389 e. The highest BCUT2D eigenvalue weighted by molar-refractivity contribution is 5.25. The van der Waals surface area contributed by atoms with Gasteiger partial charge in [-0.1, -0.05) is 19.9 Å². The number of fused-ring (bicyclic) bond motifs is 1. The van der Waals surface area contributed by atoms with Crippen LogP contribution in [0.1, 0.15) is 33.6 Å². The monoisotopic (exact) mass is 166 g/mol. The zero-order chi connectivity index (χ0) is 8.93. The minimum atomic E-state index is -0.226. The quantitative estimate of drug-likeness (QED) is 0.593. The Labute approximate surface area is 74.5 Å². The van der Waals surface area contributed by atoms with Crippen LogP contribution < -0.4 is 0 Å². The van der Waals surface area contributed by atoms with Crippen molar-refractivity contribution in [2.24, 2.45) is 17.3 Å². The second-order valence-electron chi connectivity index (χ2n) is 4.92. The van der Waals surface area contributed by atoms with Crippen molar-refractivity contribution < 1.29 is 5.11 Å². The zero-order valence-electron chi connectivity index (χ0n) is 8.17. The van der Waals surface area contributed by atoms with Crippen LogP contribution in [-0.2, 0) is 0 Å². The summed E-state index contributed by atoms with van der Waals surface area (Å²) >= 11 is 0. The molecule has 0 spiro atoms. The summed E-state index contributed by atoms with van der Waals surface area (Å²) in [6.45, 7) is 6.56. The molecule has 1 fully saturated rings. The second-order valence-corrected chi connectivity index (χ2v) is 4.92. The van der Waals surface area contributed by atoms with Gasteiger partial charge in [0, 0.05) is 0 Å². The molecule has 1 saturated carbocycles. The van der Waals surface area contributed by atoms with Crippen molar-refractivity contribution in [3.8, 4) is 0 Å². The first-order valence-corrected chi connectivity index (χ1v) is 4.91. The molecule has 1 N–H and O–H groups in total. The summed E-state index contributed by atoms with van der Waals surface area (Å²) in [7, 11) is 0. The van der Waals surface area contributed by atoms with Crippen molar-refractivity contribution in [1.29, 1.82) is 0 Å². The minimum Gasteiger partial charge on any atom is -0.389 e. The lowest BCUT2D eigenvalue weighted by Crippen LogP contribution is -2.49. The first-order chi connectivity index (χ1) is 5.53. The first kappa shape index (κ1) is 8.31. The molecule has 2 bridgehead atoms. The van der Waals surface area contributed by atoms with E-state index in [1.165, 1.54) is 18.4 Å². The lowest BCUT2D eigenvalue weighted by molar-refractivity contribution is -0.0198. The number of aliphatic hydroxyl groups is 1. The van der Waals surface area contributed by atoms with E-state index in [2.05, 4.69) is 19.9 Å². The van der Waals surface area contributed by atoms with E-state index < -0.39 is 0 Å². The van der Waals surface area contributed by atoms with Crippen molar-refractivity contribution in [2.75, 3.05) is 0 Å². The summed E-state index contributed by atoms with van der Waals surface area (Å²) in [6, 6.07) is 0. The van der Waals surface area contributed by atoms with Gasteiger partial charge in [0.15, 0.2) is 0 Å². The van der Waals surface area contributed by atoms with Crippen LogP contribution in [0.4, 0.5) is 0 Å². The predicted octanol–water partition coefficient (Wildman–Crippen LogP) is 2.36. The highest BCUT2D eigenvalue weighted by Crippen LogP contribution is 2.59. The normalized spacial score (nSPS) is 39.8. The molecule has 3 rings (SSSR count). The third kappa shape index (κ3) is 0.891. The molecule has 0 saturated heterocycles. The van der Waals surface area contributed by atoms with Gasteiger partial charge in [-0.05, 0) is 42.6 Å². The van der Waals surface area contributed by atoms with Gasteiger partial charge < -0.3 is 5.11 Å². The van der Waals surface area contributed by atoms with Crippen LogP contribution >= 0.6 is 0 Å². The van der Waals surface area contributed by atoms with E-state index in [9.17, 15) is 5.11 Å². The number of rotatable bonds is 1. The lowest BCUT2D eigenvalue weighted by Gasteiger charge is -2.57. The third-order valence-corrected chi connectivity index (χ3v) is 3.99. The van der Waals surface area contributed by atoms with Crippen LogP contribution in [0, 0.1) is 17.3 Å². The van der Waals surface area contributed by atoms with Crippen LogP contribution in [-0.4, -0.2) is 11.2 Å². The Hall–Kier alpha value is -0.300. The molecule has 3 aliphatic carbocycles. The van der Waals surface area contributed by atoms with Gasteiger partial charge in [0.05, 0.1) is 6.10 Å². The summed E-state index contributed by atoms with van der Waals surface area (Å²) in [5, 5.41) is 9.54. The molecule has 1 nitrogen and oxygen atoms in total. The van der Waals surface area contributed by atoms with Crippen LogP contribution in [0.25, 0.3) is 0 Å². The average Bonchev–Trinajstić information content (AvgIpc) is 2.04. The molecule has 0 aromatic heterocycles. The van der Waals surface area contributed by atoms with Crippen LogP contribution in [0.2, 0.25) is 0 Å². The predicted molar refractivity (Wildman–Crippen MR) is 49.8 cm³/mol. The Morgan fingerprint density at radius 3 is 2.58 bits per heavy atom. The van der Waals surface area contributed by atoms with Gasteiger partial charge in [-0.3, -0.25) is 0 Å². The van der Waals surface area contributed by atoms with Crippen LogP contribution in [0.3, 0.4) is 0 Å². The molecule has 68 valence electrons. The zero-order valence-corrected chi connectivity index (χ0v) is 8.17. The Balaban J connectivity index is 2.24. The van der Waals surface area contributed by atoms with Crippen molar-refractivity contribution in [2.45, 2.75) is 39.7 Å². The Kier molecular flexibility index (Phi) is 1.63. The molecule has 1 unspecified atom stereocenters. The molecule has 0 radical (unpaired) electrons. The SMILES string of the molecule is CC(O)C1=CC[C@H]2C[C@@H]1C2(C)C. The Bertz CT molecular complexity index is 225. The highest BCUT2D eigenvalue weighted by atomic mass is 16.3. The number of allylic oxidation sites excluding steroid dienone is 1. The lowest BCUT2D eigenvalue weighted by atomic mass is 9.48. The van der Waals surface area contributed by atoms with Gasteiger partial charge in [0.1, 0.15) is 0 Å². The molecular formula is C11H18O. The molecule has 0 heterocycles. The van der Waals surface area contributed by atoms with E-state index in [0.717, 1.165) is 5.92 Å². The van der Waals surface area contributed by atoms with E-state index in [-0.39, 0.29) is 6.10 Å². The van der Waals surface area contributed by atoms with Crippen molar-refractivity contribution in [3.05, 3.63) is 11.6 Å². The third-order valence-electron chi connectivity index (χ3n) is 3.99. The number of hydrogen-bond acceptors (Lipinski definition) is 1. The van der Waals surface area contributed by atoms with Gasteiger partial charge in [0.25, 0.3) is 0 Å². The molecular weight excluding hydrogens is 148 g/mol. The van der Waals surface area contributed by atoms with E-state index in [4.69, 9.17) is 0 Å². The molecule has 12 heavy (non-hydrogen) atoms. The molecule has 1 heteroatoms. The Morgan fingerprint density at radius 2 is 2.25 bits per heavy atom. The molecule has 0 aromatic carbocycles. The summed E-state index contributed by atoms with van der Waals surface area (Å²) in [6.07, 6.45) is 4.53. The fourth-order valence-corrected chi connectivity index (χ4v) is 2.86. The standard InChI is InChI=1S/C11H18O/c1-7(12)9-5-4-8-6-10(9)11(8,2)3/h5,7-8,10,12H,4,6H2,1-3H3/t7?,8-,10-/m0/s1. The maximum atomic E-state index is 9.54. The summed E-state index contributed by atoms with van der Waals surface area (Å²) < 4.78 is 0. The number of hydrogen-bond donors (Lipinski definition) is 1. The maximum Gasteiger partial charge on any atom is 0.0724 e. The molecule has 0 amide bonds. The van der Waals surface area contributed by atoms with Gasteiger partial charge in [-0.25, -0.2) is 0 Å². The van der Waals surface area contributed by atoms with Gasteiger partial charge in [-0.15, -0.1) is 0 Å². The van der Waals surface area contributed by atoms with E-state index in [0.29, 0.717) is 11.3 Å². The number of aliphatic hydroxyl groups excluding tert-OH is 1. The molecule has 3 atom stereocenters. The van der Waals surface area contributed by atoms with Crippen molar-refractivity contribution in [3.63, 3.8) is 0 Å². The Morgan fingerprint density at radius 1 is 1.58 bits per heavy atom. The molecule has 0 aromatic rings. The van der Waals surface area contributed by atoms with Crippen LogP contribution in [0.5, 0.6) is 0 Å². The fourth-order valence-electron chi connectivity index (χ4n) is 2.86.